The molecule has 0 saturated carbocycles. The van der Waals surface area contributed by atoms with Crippen LogP contribution in [0.5, 0.6) is 0 Å². The Morgan fingerprint density at radius 3 is 2.62 bits per heavy atom. The highest BCUT2D eigenvalue weighted by Crippen LogP contribution is 2.22. The van der Waals surface area contributed by atoms with E-state index in [1.54, 1.807) is 6.08 Å². The van der Waals surface area contributed by atoms with Crippen molar-refractivity contribution in [2.45, 2.75) is 0 Å². The second-order valence-corrected chi connectivity index (χ2v) is 2.40. The molecule has 0 radical (unpaired) electrons. The lowest BCUT2D eigenvalue weighted by Gasteiger charge is -1.86. The number of azo groups is 2. The summed E-state index contributed by atoms with van der Waals surface area (Å²) in [6.45, 7) is 0. The molecule has 2 aliphatic heterocycles. The zero-order valence-corrected chi connectivity index (χ0v) is 6.51. The van der Waals surface area contributed by atoms with Gasteiger partial charge in [-0.25, -0.2) is 0 Å². The van der Waals surface area contributed by atoms with E-state index in [0.717, 1.165) is 0 Å². The maximum absolute atomic E-state index is 10.7. The van der Waals surface area contributed by atoms with Crippen LogP contribution in [0.25, 0.3) is 0 Å². The minimum atomic E-state index is -0.599. The highest BCUT2D eigenvalue weighted by atomic mass is 16.1. The van der Waals surface area contributed by atoms with Crippen LogP contribution in [0.1, 0.15) is 0 Å². The van der Waals surface area contributed by atoms with Crippen LogP contribution in [0.3, 0.4) is 0 Å². The molecule has 2 rings (SSSR count). The minimum absolute atomic E-state index is 0.137. The largest absolute Gasteiger partial charge is 0.364 e. The molecule has 0 atom stereocenters. The van der Waals surface area contributed by atoms with E-state index in [0.29, 0.717) is 11.4 Å². The van der Waals surface area contributed by atoms with Gasteiger partial charge in [-0.1, -0.05) is 0 Å². The summed E-state index contributed by atoms with van der Waals surface area (Å²) in [4.78, 5) is 10.7. The maximum atomic E-state index is 10.7. The monoisotopic (exact) mass is 175 g/mol. The van der Waals surface area contributed by atoms with Crippen molar-refractivity contribution in [3.05, 3.63) is 35.4 Å². The van der Waals surface area contributed by atoms with Crippen LogP contribution in [-0.4, -0.2) is 5.91 Å². The maximum Gasteiger partial charge on any atom is 0.269 e. The molecule has 0 aromatic carbocycles. The average Bonchev–Trinajstić information content (AvgIpc) is 2.75. The third-order valence-corrected chi connectivity index (χ3v) is 1.52. The van der Waals surface area contributed by atoms with Gasteiger partial charge in [0.25, 0.3) is 5.91 Å². The van der Waals surface area contributed by atoms with Gasteiger partial charge in [-0.15, -0.1) is 15.3 Å². The van der Waals surface area contributed by atoms with Crippen molar-refractivity contribution < 1.29 is 4.79 Å². The molecule has 0 spiro atoms. The summed E-state index contributed by atoms with van der Waals surface area (Å²) in [7, 11) is 0. The summed E-state index contributed by atoms with van der Waals surface area (Å²) < 4.78 is 0. The van der Waals surface area contributed by atoms with Gasteiger partial charge in [0.15, 0.2) is 5.70 Å². The molecule has 13 heavy (non-hydrogen) atoms. The molecule has 0 saturated heterocycles. The third-order valence-electron chi connectivity index (χ3n) is 1.52. The van der Waals surface area contributed by atoms with Crippen LogP contribution in [0.2, 0.25) is 0 Å². The number of hydrogen-bond acceptors (Lipinski definition) is 5. The molecule has 64 valence electrons. The molecular weight excluding hydrogens is 170 g/mol. The van der Waals surface area contributed by atoms with Gasteiger partial charge in [0.2, 0.25) is 0 Å². The SMILES string of the molecule is NC(=O)C1=CC(=C2C=CN=N2)N=N1. The zero-order chi connectivity index (χ0) is 9.26. The van der Waals surface area contributed by atoms with E-state index in [4.69, 9.17) is 5.73 Å². The van der Waals surface area contributed by atoms with Crippen LogP contribution in [-0.2, 0) is 4.79 Å². The molecule has 0 bridgehead atoms. The Morgan fingerprint density at radius 2 is 2.08 bits per heavy atom. The van der Waals surface area contributed by atoms with Gasteiger partial charge in [-0.2, -0.15) is 5.11 Å². The summed E-state index contributed by atoms with van der Waals surface area (Å²) in [5, 5.41) is 14.7. The number of nitrogens with zero attached hydrogens (tertiary/aromatic N) is 4. The number of primary amides is 1. The van der Waals surface area contributed by atoms with Gasteiger partial charge in [-0.3, -0.25) is 4.79 Å². The molecule has 2 aliphatic rings. The van der Waals surface area contributed by atoms with Crippen molar-refractivity contribution >= 4 is 5.91 Å². The number of allylic oxidation sites excluding steroid dienone is 2. The topological polar surface area (TPSA) is 92.5 Å². The molecule has 0 aromatic rings. The van der Waals surface area contributed by atoms with Gasteiger partial charge < -0.3 is 5.73 Å². The Balaban J connectivity index is 2.38. The third kappa shape index (κ3) is 1.28. The molecule has 2 N–H and O–H groups in total. The number of nitrogens with two attached hydrogens (primary N) is 1. The molecular formula is C7H5N5O. The number of hydrogen-bond donors (Lipinski definition) is 1. The molecule has 2 heterocycles. The van der Waals surface area contributed by atoms with E-state index in [1.807, 2.05) is 0 Å². The Morgan fingerprint density at radius 1 is 1.23 bits per heavy atom. The van der Waals surface area contributed by atoms with Crippen LogP contribution < -0.4 is 5.73 Å². The minimum Gasteiger partial charge on any atom is -0.364 e. The summed E-state index contributed by atoms with van der Waals surface area (Å²) in [5.74, 6) is -0.599. The first kappa shape index (κ1) is 7.53. The fraction of sp³-hybridized carbons (Fsp3) is 0. The highest BCUT2D eigenvalue weighted by molar-refractivity contribution is 5.92. The van der Waals surface area contributed by atoms with Crippen molar-refractivity contribution in [2.24, 2.45) is 26.2 Å². The van der Waals surface area contributed by atoms with E-state index >= 15 is 0 Å². The normalized spacial score (nSPS) is 24.2. The summed E-state index contributed by atoms with van der Waals surface area (Å²) in [5.41, 5.74) is 6.23. The number of amides is 1. The zero-order valence-electron chi connectivity index (χ0n) is 6.51. The van der Waals surface area contributed by atoms with Gasteiger partial charge >= 0.3 is 0 Å². The number of carbonyl (C=O) groups is 1. The van der Waals surface area contributed by atoms with Gasteiger partial charge in [0, 0.05) is 6.08 Å². The fourth-order valence-corrected chi connectivity index (χ4v) is 0.910. The molecule has 0 aliphatic carbocycles. The standard InChI is InChI=1S/C7H5N5O/c8-7(13)6-3-5(11-12-6)4-1-2-9-10-4/h1-3H,(H2,8,13). The van der Waals surface area contributed by atoms with Gasteiger partial charge in [0.05, 0.1) is 6.20 Å². The smallest absolute Gasteiger partial charge is 0.269 e. The lowest BCUT2D eigenvalue weighted by Crippen LogP contribution is -2.11. The molecule has 6 heteroatoms. The van der Waals surface area contributed by atoms with E-state index < -0.39 is 5.91 Å². The number of rotatable bonds is 1. The first-order chi connectivity index (χ1) is 6.27. The van der Waals surface area contributed by atoms with Crippen molar-refractivity contribution in [3.8, 4) is 0 Å². The van der Waals surface area contributed by atoms with Crippen molar-refractivity contribution in [3.63, 3.8) is 0 Å². The van der Waals surface area contributed by atoms with E-state index in [-0.39, 0.29) is 5.70 Å². The quantitative estimate of drug-likeness (QED) is 0.632. The Hall–Kier alpha value is -2.11. The molecule has 0 fully saturated rings. The van der Waals surface area contributed by atoms with E-state index in [2.05, 4.69) is 20.5 Å². The molecule has 6 nitrogen and oxygen atoms in total. The second-order valence-electron chi connectivity index (χ2n) is 2.40. The number of carbonyl (C=O) groups excluding carboxylic acids is 1. The van der Waals surface area contributed by atoms with Crippen LogP contribution >= 0.6 is 0 Å². The Labute approximate surface area is 73.2 Å². The highest BCUT2D eigenvalue weighted by Gasteiger charge is 2.14. The van der Waals surface area contributed by atoms with E-state index in [1.165, 1.54) is 12.3 Å². The lowest BCUT2D eigenvalue weighted by molar-refractivity contribution is -0.114. The summed E-state index contributed by atoms with van der Waals surface area (Å²) in [6, 6.07) is 0. The summed E-state index contributed by atoms with van der Waals surface area (Å²) in [6.07, 6.45) is 4.69. The average molecular weight is 175 g/mol. The second kappa shape index (κ2) is 2.74. The fourth-order valence-electron chi connectivity index (χ4n) is 0.910. The molecule has 0 aromatic heterocycles. The predicted molar refractivity (Wildman–Crippen MR) is 43.2 cm³/mol. The molecule has 1 amide bonds. The van der Waals surface area contributed by atoms with Crippen LogP contribution in [0.4, 0.5) is 0 Å². The first-order valence-electron chi connectivity index (χ1n) is 3.52. The van der Waals surface area contributed by atoms with Gasteiger partial charge in [0.1, 0.15) is 11.4 Å². The Kier molecular flexibility index (Phi) is 1.59. The first-order valence-corrected chi connectivity index (χ1v) is 3.52. The van der Waals surface area contributed by atoms with Gasteiger partial charge in [-0.05, 0) is 6.08 Å². The van der Waals surface area contributed by atoms with E-state index in [9.17, 15) is 4.79 Å². The van der Waals surface area contributed by atoms with Crippen molar-refractivity contribution in [2.75, 3.05) is 0 Å². The predicted octanol–water partition coefficient (Wildman–Crippen LogP) is 1.01. The summed E-state index contributed by atoms with van der Waals surface area (Å²) >= 11 is 0. The lowest BCUT2D eigenvalue weighted by atomic mass is 10.3. The molecule has 0 unspecified atom stereocenters. The van der Waals surface area contributed by atoms with Crippen molar-refractivity contribution in [1.82, 2.24) is 0 Å². The van der Waals surface area contributed by atoms with Crippen LogP contribution in [0, 0.1) is 0 Å². The Bertz CT molecular complexity index is 399. The van der Waals surface area contributed by atoms with Crippen LogP contribution in [0.15, 0.2) is 55.9 Å². The van der Waals surface area contributed by atoms with Crippen molar-refractivity contribution in [1.29, 1.82) is 0 Å².